The van der Waals surface area contributed by atoms with Crippen LogP contribution in [0.15, 0.2) is 30.3 Å². The summed E-state index contributed by atoms with van der Waals surface area (Å²) in [5.41, 5.74) is 1.45. The van der Waals surface area contributed by atoms with E-state index in [-0.39, 0.29) is 0 Å². The minimum Gasteiger partial charge on any atom is -0.311 e. The zero-order chi connectivity index (χ0) is 14.5. The standard InChI is InChI=1S/C18H30N2/c1-5-9-17-13-20(15(4)14(2)3)18(12-19-17)16-10-7-6-8-11-16/h6-8,10-11,14-15,17-19H,5,9,12-13H2,1-4H3. The molecular weight excluding hydrogens is 244 g/mol. The number of nitrogens with one attached hydrogen (secondary N) is 1. The van der Waals surface area contributed by atoms with Crippen LogP contribution in [-0.4, -0.2) is 30.1 Å². The third-order valence-corrected chi connectivity index (χ3v) is 4.74. The fourth-order valence-electron chi connectivity index (χ4n) is 3.20. The monoisotopic (exact) mass is 274 g/mol. The van der Waals surface area contributed by atoms with E-state index in [1.807, 2.05) is 0 Å². The predicted molar refractivity (Wildman–Crippen MR) is 86.9 cm³/mol. The van der Waals surface area contributed by atoms with E-state index in [1.54, 1.807) is 0 Å². The van der Waals surface area contributed by atoms with Crippen LogP contribution >= 0.6 is 0 Å². The van der Waals surface area contributed by atoms with Crippen LogP contribution in [0.2, 0.25) is 0 Å². The Hall–Kier alpha value is -0.860. The van der Waals surface area contributed by atoms with E-state index >= 15 is 0 Å². The minimum atomic E-state index is 0.515. The number of nitrogens with zero attached hydrogens (tertiary/aromatic N) is 1. The Morgan fingerprint density at radius 3 is 2.50 bits per heavy atom. The molecule has 1 fully saturated rings. The third-order valence-electron chi connectivity index (χ3n) is 4.74. The summed E-state index contributed by atoms with van der Waals surface area (Å²) in [6, 6.07) is 12.8. The van der Waals surface area contributed by atoms with Crippen molar-refractivity contribution in [3.05, 3.63) is 35.9 Å². The lowest BCUT2D eigenvalue weighted by Gasteiger charge is -2.45. The van der Waals surface area contributed by atoms with Crippen molar-refractivity contribution >= 4 is 0 Å². The molecule has 1 heterocycles. The molecule has 2 rings (SSSR count). The number of hydrogen-bond acceptors (Lipinski definition) is 2. The van der Waals surface area contributed by atoms with Gasteiger partial charge in [-0.1, -0.05) is 57.5 Å². The van der Waals surface area contributed by atoms with Crippen LogP contribution in [0.4, 0.5) is 0 Å². The lowest BCUT2D eigenvalue weighted by molar-refractivity contribution is 0.0645. The molecule has 3 atom stereocenters. The quantitative estimate of drug-likeness (QED) is 0.877. The molecule has 112 valence electrons. The first-order valence-electron chi connectivity index (χ1n) is 8.17. The molecule has 0 spiro atoms. The number of rotatable bonds is 5. The molecule has 2 nitrogen and oxygen atoms in total. The zero-order valence-corrected chi connectivity index (χ0v) is 13.5. The summed E-state index contributed by atoms with van der Waals surface area (Å²) in [7, 11) is 0. The van der Waals surface area contributed by atoms with E-state index in [1.165, 1.54) is 24.9 Å². The zero-order valence-electron chi connectivity index (χ0n) is 13.5. The molecule has 1 aliphatic heterocycles. The average molecular weight is 274 g/mol. The van der Waals surface area contributed by atoms with Crippen LogP contribution in [0.3, 0.4) is 0 Å². The minimum absolute atomic E-state index is 0.515. The van der Waals surface area contributed by atoms with Crippen LogP contribution in [0.1, 0.15) is 52.1 Å². The summed E-state index contributed by atoms with van der Waals surface area (Å²) >= 11 is 0. The molecule has 1 aromatic rings. The van der Waals surface area contributed by atoms with Crippen molar-refractivity contribution in [3.63, 3.8) is 0 Å². The van der Waals surface area contributed by atoms with Crippen molar-refractivity contribution in [2.75, 3.05) is 13.1 Å². The fraction of sp³-hybridized carbons (Fsp3) is 0.667. The second kappa shape index (κ2) is 7.24. The lowest BCUT2D eigenvalue weighted by atomic mass is 9.94. The van der Waals surface area contributed by atoms with Crippen molar-refractivity contribution in [3.8, 4) is 0 Å². The summed E-state index contributed by atoms with van der Waals surface area (Å²) in [6.45, 7) is 11.6. The number of piperazine rings is 1. The molecule has 3 unspecified atom stereocenters. The molecule has 1 N–H and O–H groups in total. The smallest absolute Gasteiger partial charge is 0.0476 e. The van der Waals surface area contributed by atoms with E-state index in [0.29, 0.717) is 24.0 Å². The van der Waals surface area contributed by atoms with Gasteiger partial charge in [-0.2, -0.15) is 0 Å². The molecule has 0 bridgehead atoms. The molecule has 1 aliphatic rings. The molecule has 1 aromatic carbocycles. The Bertz CT molecular complexity index is 388. The van der Waals surface area contributed by atoms with E-state index in [4.69, 9.17) is 0 Å². The maximum atomic E-state index is 3.75. The Morgan fingerprint density at radius 2 is 1.90 bits per heavy atom. The largest absolute Gasteiger partial charge is 0.311 e. The molecule has 0 amide bonds. The van der Waals surface area contributed by atoms with Crippen molar-refractivity contribution in [2.45, 2.75) is 58.7 Å². The van der Waals surface area contributed by atoms with Crippen molar-refractivity contribution in [1.82, 2.24) is 10.2 Å². The van der Waals surface area contributed by atoms with Gasteiger partial charge in [-0.05, 0) is 24.8 Å². The second-order valence-corrected chi connectivity index (χ2v) is 6.50. The number of hydrogen-bond donors (Lipinski definition) is 1. The van der Waals surface area contributed by atoms with Gasteiger partial charge in [0.15, 0.2) is 0 Å². The Labute approximate surface area is 124 Å². The summed E-state index contributed by atoms with van der Waals surface area (Å²) in [5.74, 6) is 0.696. The number of benzene rings is 1. The molecule has 1 saturated heterocycles. The Kier molecular flexibility index (Phi) is 5.62. The molecule has 0 radical (unpaired) electrons. The topological polar surface area (TPSA) is 15.3 Å². The van der Waals surface area contributed by atoms with Gasteiger partial charge in [0.25, 0.3) is 0 Å². The van der Waals surface area contributed by atoms with Crippen LogP contribution in [0.25, 0.3) is 0 Å². The van der Waals surface area contributed by atoms with Gasteiger partial charge in [0.05, 0.1) is 0 Å². The van der Waals surface area contributed by atoms with Gasteiger partial charge in [0.2, 0.25) is 0 Å². The van der Waals surface area contributed by atoms with Crippen LogP contribution in [0.5, 0.6) is 0 Å². The maximum Gasteiger partial charge on any atom is 0.0476 e. The van der Waals surface area contributed by atoms with Gasteiger partial charge in [-0.15, -0.1) is 0 Å². The van der Waals surface area contributed by atoms with Gasteiger partial charge >= 0.3 is 0 Å². The van der Waals surface area contributed by atoms with Crippen molar-refractivity contribution < 1.29 is 0 Å². The SMILES string of the molecule is CCCC1CN(C(C)C(C)C)C(c2ccccc2)CN1. The normalized spacial score (nSPS) is 25.9. The van der Waals surface area contributed by atoms with Gasteiger partial charge in [-0.3, -0.25) is 4.90 Å². The first-order valence-corrected chi connectivity index (χ1v) is 8.17. The van der Waals surface area contributed by atoms with Gasteiger partial charge in [0, 0.05) is 31.2 Å². The van der Waals surface area contributed by atoms with E-state index in [0.717, 1.165) is 6.54 Å². The maximum absolute atomic E-state index is 3.75. The summed E-state index contributed by atoms with van der Waals surface area (Å²) in [4.78, 5) is 2.72. The predicted octanol–water partition coefficient (Wildman–Crippen LogP) is 3.85. The van der Waals surface area contributed by atoms with Gasteiger partial charge in [0.1, 0.15) is 0 Å². The molecule has 2 heteroatoms. The molecule has 0 aliphatic carbocycles. The highest BCUT2D eigenvalue weighted by Gasteiger charge is 2.32. The van der Waals surface area contributed by atoms with Crippen LogP contribution in [0, 0.1) is 5.92 Å². The summed E-state index contributed by atoms with van der Waals surface area (Å²) in [5, 5.41) is 3.75. The lowest BCUT2D eigenvalue weighted by Crippen LogP contribution is -2.55. The van der Waals surface area contributed by atoms with Gasteiger partial charge < -0.3 is 5.32 Å². The van der Waals surface area contributed by atoms with Crippen molar-refractivity contribution in [2.24, 2.45) is 5.92 Å². The Morgan fingerprint density at radius 1 is 1.20 bits per heavy atom. The van der Waals surface area contributed by atoms with E-state index in [9.17, 15) is 0 Å². The van der Waals surface area contributed by atoms with Crippen LogP contribution in [-0.2, 0) is 0 Å². The van der Waals surface area contributed by atoms with E-state index < -0.39 is 0 Å². The van der Waals surface area contributed by atoms with E-state index in [2.05, 4.69) is 68.2 Å². The average Bonchev–Trinajstić information content (AvgIpc) is 2.47. The fourth-order valence-corrected chi connectivity index (χ4v) is 3.20. The molecule has 0 aromatic heterocycles. The highest BCUT2D eigenvalue weighted by molar-refractivity contribution is 5.20. The summed E-state index contributed by atoms with van der Waals surface area (Å²) in [6.07, 6.45) is 2.54. The third kappa shape index (κ3) is 3.62. The first-order chi connectivity index (χ1) is 9.63. The van der Waals surface area contributed by atoms with Crippen LogP contribution < -0.4 is 5.32 Å². The highest BCUT2D eigenvalue weighted by Crippen LogP contribution is 2.28. The highest BCUT2D eigenvalue weighted by atomic mass is 15.3. The Balaban J connectivity index is 2.17. The van der Waals surface area contributed by atoms with Gasteiger partial charge in [-0.25, -0.2) is 0 Å². The van der Waals surface area contributed by atoms with Crippen molar-refractivity contribution in [1.29, 1.82) is 0 Å². The molecular formula is C18H30N2. The molecule has 0 saturated carbocycles. The second-order valence-electron chi connectivity index (χ2n) is 6.50. The summed E-state index contributed by atoms with van der Waals surface area (Å²) < 4.78 is 0. The molecule has 20 heavy (non-hydrogen) atoms. The first kappa shape index (κ1) is 15.5.